The van der Waals surface area contributed by atoms with Crippen molar-refractivity contribution in [3.05, 3.63) is 11.6 Å². The first-order valence-corrected chi connectivity index (χ1v) is 10.9. The summed E-state index contributed by atoms with van der Waals surface area (Å²) in [5.74, 6) is -0.567. The Hall–Kier alpha value is -1.52. The molecule has 1 saturated carbocycles. The number of hydrogen-bond acceptors (Lipinski definition) is 8. The summed E-state index contributed by atoms with van der Waals surface area (Å²) in [5, 5.41) is 2.29. The Bertz CT molecular complexity index is 658. The Morgan fingerprint density at radius 3 is 2.58 bits per heavy atom. The number of carbonyl (C=O) groups excluding carboxylic acids is 2. The van der Waals surface area contributed by atoms with Crippen molar-refractivity contribution in [2.75, 3.05) is 47.0 Å². The number of ether oxygens (including phenoxy) is 4. The molecule has 178 valence electrons. The second-order valence-electron chi connectivity index (χ2n) is 9.28. The Kier molecular flexibility index (Phi) is 9.03. The third kappa shape index (κ3) is 6.98. The minimum atomic E-state index is -0.770. The van der Waals surface area contributed by atoms with Crippen molar-refractivity contribution >= 4 is 12.0 Å². The molecule has 2 fully saturated rings. The van der Waals surface area contributed by atoms with Gasteiger partial charge in [0.15, 0.2) is 0 Å². The van der Waals surface area contributed by atoms with Gasteiger partial charge in [-0.2, -0.15) is 0 Å². The molecule has 9 heteroatoms. The lowest BCUT2D eigenvalue weighted by atomic mass is 9.68. The quantitative estimate of drug-likeness (QED) is 0.387. The predicted molar refractivity (Wildman–Crippen MR) is 117 cm³/mol. The maximum absolute atomic E-state index is 12.4. The van der Waals surface area contributed by atoms with E-state index in [0.29, 0.717) is 32.7 Å². The van der Waals surface area contributed by atoms with Crippen molar-refractivity contribution in [1.82, 2.24) is 10.2 Å². The number of nitrogens with two attached hydrogens (primary N) is 1. The highest BCUT2D eigenvalue weighted by molar-refractivity contribution is 5.92. The summed E-state index contributed by atoms with van der Waals surface area (Å²) in [6, 6.07) is 0. The van der Waals surface area contributed by atoms with Crippen LogP contribution in [0.5, 0.6) is 0 Å². The number of epoxide rings is 1. The molecule has 31 heavy (non-hydrogen) atoms. The number of hydrogen-bond donors (Lipinski definition) is 2. The minimum Gasteiger partial charge on any atom is -0.443 e. The second-order valence-corrected chi connectivity index (χ2v) is 9.28. The number of rotatable bonds is 10. The van der Waals surface area contributed by atoms with Crippen LogP contribution in [0, 0.1) is 5.92 Å². The Morgan fingerprint density at radius 2 is 2.03 bits per heavy atom. The minimum absolute atomic E-state index is 0.0650. The van der Waals surface area contributed by atoms with Gasteiger partial charge >= 0.3 is 6.09 Å². The normalized spacial score (nSPS) is 27.8. The van der Waals surface area contributed by atoms with Crippen LogP contribution in [-0.2, 0) is 23.7 Å². The van der Waals surface area contributed by atoms with Gasteiger partial charge in [0, 0.05) is 26.1 Å². The number of alkyl carbamates (subject to hydrolysis) is 1. The van der Waals surface area contributed by atoms with Crippen LogP contribution in [0.1, 0.15) is 40.5 Å². The van der Waals surface area contributed by atoms with E-state index in [1.165, 1.54) is 5.57 Å². The Labute approximate surface area is 185 Å². The maximum Gasteiger partial charge on any atom is 0.414 e. The van der Waals surface area contributed by atoms with Crippen LogP contribution < -0.4 is 11.1 Å². The fraction of sp³-hybridized carbons (Fsp3) is 0.818. The van der Waals surface area contributed by atoms with Crippen LogP contribution in [0.2, 0.25) is 0 Å². The van der Waals surface area contributed by atoms with Crippen molar-refractivity contribution in [3.63, 3.8) is 0 Å². The molecule has 2 aliphatic rings. The van der Waals surface area contributed by atoms with Crippen LogP contribution in [0.4, 0.5) is 4.79 Å². The average Bonchev–Trinajstić information content (AvgIpc) is 3.41. The van der Waals surface area contributed by atoms with E-state index in [4.69, 9.17) is 24.7 Å². The number of amides is 2. The van der Waals surface area contributed by atoms with Crippen molar-refractivity contribution in [2.24, 2.45) is 11.7 Å². The smallest absolute Gasteiger partial charge is 0.414 e. The standard InChI is InChI=1S/C22H39N3O6/c1-15(2)8-12-29-21(3,4)19-18(28-6)16(7-9-22(19)14-30-22)31-20(27)24-17(26)13-25(5)11-10-23/h8,16,18-19H,7,9-14,23H2,1-6H3,(H,24,26,27)/t16?,18?,19?,22-/m0/s1. The van der Waals surface area contributed by atoms with Gasteiger partial charge in [-0.3, -0.25) is 15.0 Å². The molecule has 1 saturated heterocycles. The lowest BCUT2D eigenvalue weighted by Gasteiger charge is -2.47. The summed E-state index contributed by atoms with van der Waals surface area (Å²) in [7, 11) is 3.36. The summed E-state index contributed by atoms with van der Waals surface area (Å²) in [6.07, 6.45) is 1.66. The molecule has 0 aromatic heterocycles. The average molecular weight is 442 g/mol. The number of allylic oxidation sites excluding steroid dienone is 1. The SMILES string of the molecule is COC1C(OC(=O)NC(=O)CN(C)CCN)CC[C@]2(CO2)C1C(C)(C)OCC=C(C)C. The summed E-state index contributed by atoms with van der Waals surface area (Å²) < 4.78 is 23.5. The number of methoxy groups -OCH3 is 1. The summed E-state index contributed by atoms with van der Waals surface area (Å²) in [5.41, 5.74) is 5.76. The van der Waals surface area contributed by atoms with Crippen LogP contribution in [0.15, 0.2) is 11.6 Å². The van der Waals surface area contributed by atoms with Gasteiger partial charge in [-0.05, 0) is 47.6 Å². The van der Waals surface area contributed by atoms with Crippen molar-refractivity contribution < 1.29 is 28.5 Å². The van der Waals surface area contributed by atoms with Gasteiger partial charge in [0.05, 0.1) is 31.0 Å². The molecule has 1 spiro atoms. The van der Waals surface area contributed by atoms with Crippen LogP contribution >= 0.6 is 0 Å². The predicted octanol–water partition coefficient (Wildman–Crippen LogP) is 1.45. The molecule has 9 nitrogen and oxygen atoms in total. The molecular formula is C22H39N3O6. The second kappa shape index (κ2) is 10.9. The molecule has 1 aliphatic carbocycles. The number of imide groups is 1. The first kappa shape index (κ1) is 25.7. The maximum atomic E-state index is 12.4. The zero-order valence-electron chi connectivity index (χ0n) is 19.7. The molecule has 2 rings (SSSR count). The van der Waals surface area contributed by atoms with E-state index in [1.807, 2.05) is 33.8 Å². The zero-order valence-corrected chi connectivity index (χ0v) is 19.7. The highest BCUT2D eigenvalue weighted by atomic mass is 16.6. The molecule has 3 unspecified atom stereocenters. The molecule has 4 atom stereocenters. The molecule has 1 aliphatic heterocycles. The zero-order chi connectivity index (χ0) is 23.2. The Morgan fingerprint density at radius 1 is 1.35 bits per heavy atom. The van der Waals surface area contributed by atoms with E-state index in [-0.39, 0.29) is 18.1 Å². The molecule has 2 amide bonds. The van der Waals surface area contributed by atoms with Gasteiger partial charge in [-0.25, -0.2) is 4.79 Å². The first-order valence-electron chi connectivity index (χ1n) is 10.9. The highest BCUT2D eigenvalue weighted by Crippen LogP contribution is 2.52. The number of likely N-dealkylation sites (N-methyl/N-ethyl adjacent to an activating group) is 1. The molecule has 1 heterocycles. The van der Waals surface area contributed by atoms with Crippen LogP contribution in [0.3, 0.4) is 0 Å². The summed E-state index contributed by atoms with van der Waals surface area (Å²) in [4.78, 5) is 26.2. The lowest BCUT2D eigenvalue weighted by molar-refractivity contribution is -0.172. The molecule has 0 aromatic rings. The number of nitrogens with one attached hydrogen (secondary N) is 1. The molecule has 0 bridgehead atoms. The molecule has 3 N–H and O–H groups in total. The van der Waals surface area contributed by atoms with Gasteiger partial charge in [0.2, 0.25) is 5.91 Å². The summed E-state index contributed by atoms with van der Waals surface area (Å²) in [6.45, 7) is 10.3. The van der Waals surface area contributed by atoms with Gasteiger partial charge in [-0.1, -0.05) is 11.6 Å². The topological polar surface area (TPSA) is 116 Å². The lowest BCUT2D eigenvalue weighted by Crippen LogP contribution is -2.59. The largest absolute Gasteiger partial charge is 0.443 e. The fourth-order valence-electron chi connectivity index (χ4n) is 4.46. The van der Waals surface area contributed by atoms with E-state index < -0.39 is 29.8 Å². The van der Waals surface area contributed by atoms with Gasteiger partial charge < -0.3 is 24.7 Å². The monoisotopic (exact) mass is 441 g/mol. The third-order valence-corrected chi connectivity index (χ3v) is 6.02. The van der Waals surface area contributed by atoms with Crippen molar-refractivity contribution in [1.29, 1.82) is 0 Å². The van der Waals surface area contributed by atoms with Crippen molar-refractivity contribution in [2.45, 2.75) is 63.9 Å². The van der Waals surface area contributed by atoms with Gasteiger partial charge in [0.1, 0.15) is 12.2 Å². The van der Waals surface area contributed by atoms with E-state index in [1.54, 1.807) is 19.1 Å². The first-order chi connectivity index (χ1) is 14.5. The van der Waals surface area contributed by atoms with E-state index in [2.05, 4.69) is 5.32 Å². The Balaban J connectivity index is 2.04. The highest BCUT2D eigenvalue weighted by Gasteiger charge is 2.64. The van der Waals surface area contributed by atoms with Crippen LogP contribution in [-0.4, -0.2) is 87.3 Å². The van der Waals surface area contributed by atoms with Gasteiger partial charge in [-0.15, -0.1) is 0 Å². The number of carbonyl (C=O) groups is 2. The summed E-state index contributed by atoms with van der Waals surface area (Å²) >= 11 is 0. The van der Waals surface area contributed by atoms with E-state index in [0.717, 1.165) is 6.42 Å². The third-order valence-electron chi connectivity index (χ3n) is 6.02. The molecular weight excluding hydrogens is 402 g/mol. The number of nitrogens with zero attached hydrogens (tertiary/aromatic N) is 1. The molecule has 0 radical (unpaired) electrons. The van der Waals surface area contributed by atoms with Crippen molar-refractivity contribution in [3.8, 4) is 0 Å². The van der Waals surface area contributed by atoms with Gasteiger partial charge in [0.25, 0.3) is 0 Å². The molecule has 0 aromatic carbocycles. The van der Waals surface area contributed by atoms with E-state index in [9.17, 15) is 9.59 Å². The van der Waals surface area contributed by atoms with E-state index >= 15 is 0 Å². The fourth-order valence-corrected chi connectivity index (χ4v) is 4.46. The van der Waals surface area contributed by atoms with Crippen LogP contribution in [0.25, 0.3) is 0 Å².